The number of hydrogen-bond acceptors (Lipinski definition) is 2. The Kier molecular flexibility index (Phi) is 3.41. The van der Waals surface area contributed by atoms with Crippen LogP contribution in [0.5, 0.6) is 0 Å². The van der Waals surface area contributed by atoms with Gasteiger partial charge in [0.25, 0.3) is 0 Å². The molecule has 3 heteroatoms. The van der Waals surface area contributed by atoms with E-state index in [9.17, 15) is 0 Å². The number of rotatable bonds is 6. The average Bonchev–Trinajstić information content (AvgIpc) is 2.89. The first kappa shape index (κ1) is 10.7. The molecule has 1 N–H and O–H groups in total. The van der Waals surface area contributed by atoms with Crippen molar-refractivity contribution in [2.45, 2.75) is 38.6 Å². The maximum atomic E-state index is 4.16. The van der Waals surface area contributed by atoms with E-state index in [-0.39, 0.29) is 0 Å². The van der Waals surface area contributed by atoms with Gasteiger partial charge in [-0.1, -0.05) is 12.8 Å². The zero-order chi connectivity index (χ0) is 10.7. The molecular formula is C12H21N3. The molecule has 0 aromatic carbocycles. The van der Waals surface area contributed by atoms with Crippen molar-refractivity contribution in [3.05, 3.63) is 18.0 Å². The first-order valence-electron chi connectivity index (χ1n) is 5.95. The molecule has 0 spiro atoms. The lowest BCUT2D eigenvalue weighted by Crippen LogP contribution is -2.28. The fourth-order valence-electron chi connectivity index (χ4n) is 2.00. The number of nitrogens with one attached hydrogen (secondary N) is 1. The average molecular weight is 207 g/mol. The van der Waals surface area contributed by atoms with Gasteiger partial charge in [-0.3, -0.25) is 4.68 Å². The Labute approximate surface area is 91.9 Å². The van der Waals surface area contributed by atoms with Crippen LogP contribution in [-0.2, 0) is 13.5 Å². The largest absolute Gasteiger partial charge is 0.314 e. The third-order valence-corrected chi connectivity index (χ3v) is 3.05. The van der Waals surface area contributed by atoms with Crippen LogP contribution in [0.2, 0.25) is 0 Å². The molecule has 1 aromatic heterocycles. The summed E-state index contributed by atoms with van der Waals surface area (Å²) in [6, 6.07) is 0.675. The predicted octanol–water partition coefficient (Wildman–Crippen LogP) is 1.74. The second kappa shape index (κ2) is 4.79. The highest BCUT2D eigenvalue weighted by Gasteiger charge is 2.23. The summed E-state index contributed by atoms with van der Waals surface area (Å²) in [5.74, 6) is 1.02. The lowest BCUT2D eigenvalue weighted by molar-refractivity contribution is 0.491. The minimum absolute atomic E-state index is 0.675. The predicted molar refractivity (Wildman–Crippen MR) is 61.7 cm³/mol. The van der Waals surface area contributed by atoms with Gasteiger partial charge in [0.1, 0.15) is 0 Å². The molecule has 0 saturated heterocycles. The summed E-state index contributed by atoms with van der Waals surface area (Å²) in [7, 11) is 1.96. The highest BCUT2D eigenvalue weighted by Crippen LogP contribution is 2.33. The van der Waals surface area contributed by atoms with Crippen molar-refractivity contribution in [3.8, 4) is 0 Å². The molecule has 84 valence electrons. The molecule has 3 nitrogen and oxygen atoms in total. The summed E-state index contributed by atoms with van der Waals surface area (Å²) in [6.07, 6.45) is 9.39. The van der Waals surface area contributed by atoms with Crippen molar-refractivity contribution in [2.24, 2.45) is 13.0 Å². The molecule has 1 aliphatic carbocycles. The highest BCUT2D eigenvalue weighted by atomic mass is 15.2. The number of aryl methyl sites for hydroxylation is 1. The number of hydrogen-bond donors (Lipinski definition) is 1. The maximum Gasteiger partial charge on any atom is 0.0522 e. The molecule has 0 amide bonds. The van der Waals surface area contributed by atoms with Crippen LogP contribution in [0.4, 0.5) is 0 Å². The van der Waals surface area contributed by atoms with E-state index in [4.69, 9.17) is 0 Å². The molecule has 1 unspecified atom stereocenters. The third kappa shape index (κ3) is 3.67. The highest BCUT2D eigenvalue weighted by molar-refractivity contribution is 5.03. The standard InChI is InChI=1S/C12H21N3/c1-10(7-11-3-4-11)13-6-5-12-8-14-15(2)9-12/h8-11,13H,3-7H2,1-2H3. The van der Waals surface area contributed by atoms with Gasteiger partial charge < -0.3 is 5.32 Å². The molecule has 0 aliphatic heterocycles. The van der Waals surface area contributed by atoms with Crippen LogP contribution in [0.25, 0.3) is 0 Å². The second-order valence-corrected chi connectivity index (χ2v) is 4.81. The zero-order valence-corrected chi connectivity index (χ0v) is 9.74. The topological polar surface area (TPSA) is 29.9 Å². The SMILES string of the molecule is CC(CC1CC1)NCCc1cnn(C)c1. The molecule has 2 rings (SSSR count). The minimum atomic E-state index is 0.675. The Bertz CT molecular complexity index is 302. The van der Waals surface area contributed by atoms with E-state index >= 15 is 0 Å². The van der Waals surface area contributed by atoms with Gasteiger partial charge in [-0.15, -0.1) is 0 Å². The Morgan fingerprint density at radius 2 is 2.40 bits per heavy atom. The van der Waals surface area contributed by atoms with Gasteiger partial charge in [0, 0.05) is 19.3 Å². The minimum Gasteiger partial charge on any atom is -0.314 e. The molecule has 0 radical (unpaired) electrons. The Morgan fingerprint density at radius 1 is 1.60 bits per heavy atom. The van der Waals surface area contributed by atoms with Crippen LogP contribution < -0.4 is 5.32 Å². The normalized spacial score (nSPS) is 18.0. The first-order valence-corrected chi connectivity index (χ1v) is 5.95. The fraction of sp³-hybridized carbons (Fsp3) is 0.750. The molecule has 1 aromatic rings. The second-order valence-electron chi connectivity index (χ2n) is 4.81. The Balaban J connectivity index is 1.61. The molecule has 15 heavy (non-hydrogen) atoms. The van der Waals surface area contributed by atoms with Crippen LogP contribution in [0.1, 0.15) is 31.7 Å². The summed E-state index contributed by atoms with van der Waals surface area (Å²) < 4.78 is 1.86. The zero-order valence-electron chi connectivity index (χ0n) is 9.74. The molecular weight excluding hydrogens is 186 g/mol. The summed E-state index contributed by atoms with van der Waals surface area (Å²) in [6.45, 7) is 3.36. The smallest absolute Gasteiger partial charge is 0.0522 e. The Morgan fingerprint density at radius 3 is 3.00 bits per heavy atom. The third-order valence-electron chi connectivity index (χ3n) is 3.05. The summed E-state index contributed by atoms with van der Waals surface area (Å²) in [5.41, 5.74) is 1.32. The molecule has 1 heterocycles. The van der Waals surface area contributed by atoms with Gasteiger partial charge in [0.2, 0.25) is 0 Å². The van der Waals surface area contributed by atoms with E-state index in [0.717, 1.165) is 18.9 Å². The van der Waals surface area contributed by atoms with Crippen LogP contribution in [0.3, 0.4) is 0 Å². The molecule has 1 atom stereocenters. The summed E-state index contributed by atoms with van der Waals surface area (Å²) in [5, 5.41) is 7.74. The summed E-state index contributed by atoms with van der Waals surface area (Å²) in [4.78, 5) is 0. The van der Waals surface area contributed by atoms with Gasteiger partial charge in [0.15, 0.2) is 0 Å². The van der Waals surface area contributed by atoms with Gasteiger partial charge >= 0.3 is 0 Å². The van der Waals surface area contributed by atoms with Gasteiger partial charge in [-0.2, -0.15) is 5.10 Å². The summed E-state index contributed by atoms with van der Waals surface area (Å²) >= 11 is 0. The first-order chi connectivity index (χ1) is 7.24. The van der Waals surface area contributed by atoms with Crippen LogP contribution in [0, 0.1) is 5.92 Å². The van der Waals surface area contributed by atoms with E-state index in [1.54, 1.807) is 0 Å². The van der Waals surface area contributed by atoms with Gasteiger partial charge in [-0.25, -0.2) is 0 Å². The Hall–Kier alpha value is -0.830. The van der Waals surface area contributed by atoms with Crippen molar-refractivity contribution in [1.29, 1.82) is 0 Å². The van der Waals surface area contributed by atoms with Crippen LogP contribution >= 0.6 is 0 Å². The van der Waals surface area contributed by atoms with Crippen LogP contribution in [-0.4, -0.2) is 22.4 Å². The van der Waals surface area contributed by atoms with Gasteiger partial charge in [-0.05, 0) is 37.8 Å². The monoisotopic (exact) mass is 207 g/mol. The maximum absolute atomic E-state index is 4.16. The van der Waals surface area contributed by atoms with E-state index in [1.807, 2.05) is 17.9 Å². The van der Waals surface area contributed by atoms with E-state index in [2.05, 4.69) is 23.5 Å². The fourth-order valence-corrected chi connectivity index (χ4v) is 2.00. The van der Waals surface area contributed by atoms with Crippen molar-refractivity contribution in [3.63, 3.8) is 0 Å². The number of nitrogens with zero attached hydrogens (tertiary/aromatic N) is 2. The number of aromatic nitrogens is 2. The van der Waals surface area contributed by atoms with Gasteiger partial charge in [0.05, 0.1) is 6.20 Å². The lowest BCUT2D eigenvalue weighted by atomic mass is 10.1. The van der Waals surface area contributed by atoms with Crippen molar-refractivity contribution >= 4 is 0 Å². The quantitative estimate of drug-likeness (QED) is 0.770. The molecule has 1 saturated carbocycles. The van der Waals surface area contributed by atoms with Crippen molar-refractivity contribution in [1.82, 2.24) is 15.1 Å². The van der Waals surface area contributed by atoms with Crippen molar-refractivity contribution < 1.29 is 0 Å². The van der Waals surface area contributed by atoms with E-state index < -0.39 is 0 Å². The molecule has 1 aliphatic rings. The van der Waals surface area contributed by atoms with Crippen molar-refractivity contribution in [2.75, 3.05) is 6.54 Å². The van der Waals surface area contributed by atoms with Crippen LogP contribution in [0.15, 0.2) is 12.4 Å². The molecule has 0 bridgehead atoms. The van der Waals surface area contributed by atoms with E-state index in [1.165, 1.54) is 24.8 Å². The molecule has 1 fully saturated rings. The lowest BCUT2D eigenvalue weighted by Gasteiger charge is -2.12. The van der Waals surface area contributed by atoms with E-state index in [0.29, 0.717) is 6.04 Å².